The maximum atomic E-state index is 13.1. The first-order valence-electron chi connectivity index (χ1n) is 10.7. The Hall–Kier alpha value is -2.25. The van der Waals surface area contributed by atoms with Gasteiger partial charge in [-0.1, -0.05) is 18.2 Å². The van der Waals surface area contributed by atoms with Gasteiger partial charge in [0.2, 0.25) is 11.8 Å². The molecule has 1 aliphatic carbocycles. The summed E-state index contributed by atoms with van der Waals surface area (Å²) in [6.45, 7) is 4.37. The lowest BCUT2D eigenvalue weighted by molar-refractivity contribution is -0.136. The maximum absolute atomic E-state index is 13.1. The van der Waals surface area contributed by atoms with Gasteiger partial charge in [0.1, 0.15) is 6.04 Å². The lowest BCUT2D eigenvalue weighted by atomic mass is 9.92. The molecule has 1 aromatic rings. The molecular formula is C22H28N4O3. The number of carbonyl (C=O) groups excluding carboxylic acids is 3. The van der Waals surface area contributed by atoms with E-state index in [1.165, 1.54) is 19.3 Å². The molecule has 2 unspecified atom stereocenters. The molecule has 3 heterocycles. The molecular weight excluding hydrogens is 368 g/mol. The second-order valence-electron chi connectivity index (χ2n) is 9.00. The van der Waals surface area contributed by atoms with E-state index in [1.54, 1.807) is 4.90 Å². The molecule has 5 rings (SSSR count). The summed E-state index contributed by atoms with van der Waals surface area (Å²) in [5.41, 5.74) is 3.26. The Bertz CT molecular complexity index is 862. The van der Waals surface area contributed by atoms with Crippen molar-refractivity contribution in [3.8, 4) is 0 Å². The quantitative estimate of drug-likeness (QED) is 0.644. The Balaban J connectivity index is 1.23. The van der Waals surface area contributed by atoms with E-state index >= 15 is 0 Å². The van der Waals surface area contributed by atoms with Crippen molar-refractivity contribution in [2.75, 3.05) is 19.6 Å². The minimum absolute atomic E-state index is 0.0897. The molecule has 3 aliphatic heterocycles. The van der Waals surface area contributed by atoms with Gasteiger partial charge >= 0.3 is 0 Å². The molecule has 29 heavy (non-hydrogen) atoms. The van der Waals surface area contributed by atoms with Gasteiger partial charge in [0.15, 0.2) is 0 Å². The van der Waals surface area contributed by atoms with Crippen LogP contribution in [-0.4, -0.2) is 48.3 Å². The highest BCUT2D eigenvalue weighted by Gasteiger charge is 2.53. The van der Waals surface area contributed by atoms with Crippen LogP contribution < -0.4 is 16.0 Å². The summed E-state index contributed by atoms with van der Waals surface area (Å²) in [5.74, 6) is 0.0418. The summed E-state index contributed by atoms with van der Waals surface area (Å²) in [6, 6.07) is 5.40. The summed E-state index contributed by atoms with van der Waals surface area (Å²) in [5, 5.41) is 9.38. The van der Waals surface area contributed by atoms with Crippen LogP contribution in [-0.2, 0) is 22.7 Å². The minimum Gasteiger partial charge on any atom is -0.322 e. The number of imide groups is 1. The SMILES string of the molecule is O=C1CCC(N2Cc3cccc(CNCC4CC45CCNCC5)c3C2=O)C(=O)N1. The zero-order valence-electron chi connectivity index (χ0n) is 16.6. The molecule has 1 saturated carbocycles. The maximum Gasteiger partial charge on any atom is 0.255 e. The topological polar surface area (TPSA) is 90.5 Å². The van der Waals surface area contributed by atoms with Crippen molar-refractivity contribution in [3.63, 3.8) is 0 Å². The van der Waals surface area contributed by atoms with Gasteiger partial charge in [-0.05, 0) is 67.8 Å². The average molecular weight is 396 g/mol. The molecule has 4 aliphatic rings. The fourth-order valence-corrected chi connectivity index (χ4v) is 5.48. The van der Waals surface area contributed by atoms with E-state index in [0.29, 0.717) is 24.9 Å². The normalized spacial score (nSPS) is 27.9. The minimum atomic E-state index is -0.556. The number of hydrogen-bond donors (Lipinski definition) is 3. The molecule has 2 atom stereocenters. The molecule has 0 bridgehead atoms. The van der Waals surface area contributed by atoms with Gasteiger partial charge in [0.25, 0.3) is 5.91 Å². The van der Waals surface area contributed by atoms with E-state index < -0.39 is 6.04 Å². The lowest BCUT2D eigenvalue weighted by Gasteiger charge is -2.29. The van der Waals surface area contributed by atoms with Crippen LogP contribution >= 0.6 is 0 Å². The van der Waals surface area contributed by atoms with Gasteiger partial charge in [-0.15, -0.1) is 0 Å². The fourth-order valence-electron chi connectivity index (χ4n) is 5.48. The number of piperidine rings is 2. The van der Waals surface area contributed by atoms with Crippen molar-refractivity contribution >= 4 is 17.7 Å². The van der Waals surface area contributed by atoms with E-state index in [2.05, 4.69) is 16.0 Å². The molecule has 1 spiro atoms. The van der Waals surface area contributed by atoms with Gasteiger partial charge in [0, 0.05) is 25.1 Å². The van der Waals surface area contributed by atoms with Crippen molar-refractivity contribution in [3.05, 3.63) is 34.9 Å². The number of fused-ring (bicyclic) bond motifs is 1. The molecule has 0 radical (unpaired) electrons. The van der Waals surface area contributed by atoms with Crippen LogP contribution in [0.2, 0.25) is 0 Å². The Labute approximate surface area is 170 Å². The number of carbonyl (C=O) groups is 3. The lowest BCUT2D eigenvalue weighted by Crippen LogP contribution is -2.52. The number of hydrogen-bond acceptors (Lipinski definition) is 5. The van der Waals surface area contributed by atoms with Gasteiger partial charge in [-0.25, -0.2) is 0 Å². The van der Waals surface area contributed by atoms with Crippen molar-refractivity contribution in [1.29, 1.82) is 0 Å². The van der Waals surface area contributed by atoms with Crippen LogP contribution in [0.4, 0.5) is 0 Å². The predicted molar refractivity (Wildman–Crippen MR) is 107 cm³/mol. The largest absolute Gasteiger partial charge is 0.322 e. The van der Waals surface area contributed by atoms with Crippen LogP contribution in [0.15, 0.2) is 18.2 Å². The van der Waals surface area contributed by atoms with Gasteiger partial charge in [0.05, 0.1) is 0 Å². The number of amides is 3. The summed E-state index contributed by atoms with van der Waals surface area (Å²) in [7, 11) is 0. The van der Waals surface area contributed by atoms with E-state index in [9.17, 15) is 14.4 Å². The van der Waals surface area contributed by atoms with Gasteiger partial charge < -0.3 is 15.5 Å². The van der Waals surface area contributed by atoms with Crippen LogP contribution in [0.3, 0.4) is 0 Å². The molecule has 154 valence electrons. The summed E-state index contributed by atoms with van der Waals surface area (Å²) >= 11 is 0. The van der Waals surface area contributed by atoms with Crippen molar-refractivity contribution in [2.45, 2.75) is 51.2 Å². The standard InChI is InChI=1S/C22H28N4O3/c27-18-5-4-17(20(28)25-18)26-13-15-3-1-2-14(19(15)21(26)29)11-24-12-16-10-22(16)6-8-23-9-7-22/h1-3,16-17,23-24H,4-13H2,(H,25,27,28). The number of nitrogens with zero attached hydrogens (tertiary/aromatic N) is 1. The Kier molecular flexibility index (Phi) is 4.67. The van der Waals surface area contributed by atoms with E-state index in [0.717, 1.165) is 42.2 Å². The number of nitrogens with one attached hydrogen (secondary N) is 3. The number of rotatable bonds is 5. The fraction of sp³-hybridized carbons (Fsp3) is 0.591. The van der Waals surface area contributed by atoms with Crippen LogP contribution in [0, 0.1) is 11.3 Å². The first-order valence-corrected chi connectivity index (χ1v) is 10.7. The first kappa shape index (κ1) is 18.8. The highest BCUT2D eigenvalue weighted by atomic mass is 16.2. The third kappa shape index (κ3) is 3.36. The van der Waals surface area contributed by atoms with Crippen LogP contribution in [0.5, 0.6) is 0 Å². The predicted octanol–water partition coefficient (Wildman–Crippen LogP) is 0.927. The van der Waals surface area contributed by atoms with Crippen LogP contribution in [0.25, 0.3) is 0 Å². The smallest absolute Gasteiger partial charge is 0.255 e. The third-order valence-corrected chi connectivity index (χ3v) is 7.30. The van der Waals surface area contributed by atoms with E-state index in [1.807, 2.05) is 18.2 Å². The highest BCUT2D eigenvalue weighted by molar-refractivity contribution is 6.05. The zero-order chi connectivity index (χ0) is 20.0. The Morgan fingerprint density at radius 1 is 1.17 bits per heavy atom. The van der Waals surface area contributed by atoms with Gasteiger partial charge in [-0.2, -0.15) is 0 Å². The monoisotopic (exact) mass is 396 g/mol. The molecule has 7 nitrogen and oxygen atoms in total. The molecule has 2 saturated heterocycles. The van der Waals surface area contributed by atoms with Crippen molar-refractivity contribution < 1.29 is 14.4 Å². The highest BCUT2D eigenvalue weighted by Crippen LogP contribution is 2.58. The molecule has 1 aromatic carbocycles. The molecule has 0 aromatic heterocycles. The van der Waals surface area contributed by atoms with E-state index in [-0.39, 0.29) is 24.1 Å². The molecule has 3 fully saturated rings. The average Bonchev–Trinajstić information content (AvgIpc) is 3.24. The van der Waals surface area contributed by atoms with Crippen molar-refractivity contribution in [2.24, 2.45) is 11.3 Å². The Morgan fingerprint density at radius 3 is 2.79 bits per heavy atom. The molecule has 3 N–H and O–H groups in total. The Morgan fingerprint density at radius 2 is 2.00 bits per heavy atom. The van der Waals surface area contributed by atoms with Crippen LogP contribution in [0.1, 0.15) is 53.6 Å². The second kappa shape index (κ2) is 7.22. The van der Waals surface area contributed by atoms with E-state index in [4.69, 9.17) is 0 Å². The number of benzene rings is 1. The third-order valence-electron chi connectivity index (χ3n) is 7.30. The molecule has 3 amide bonds. The second-order valence-corrected chi connectivity index (χ2v) is 9.00. The van der Waals surface area contributed by atoms with Gasteiger partial charge in [-0.3, -0.25) is 19.7 Å². The molecule has 7 heteroatoms. The summed E-state index contributed by atoms with van der Waals surface area (Å²) < 4.78 is 0. The summed E-state index contributed by atoms with van der Waals surface area (Å²) in [4.78, 5) is 38.4. The van der Waals surface area contributed by atoms with Crippen molar-refractivity contribution in [1.82, 2.24) is 20.9 Å². The first-order chi connectivity index (χ1) is 14.1. The zero-order valence-corrected chi connectivity index (χ0v) is 16.6. The summed E-state index contributed by atoms with van der Waals surface area (Å²) in [6.07, 6.45) is 4.55.